The van der Waals surface area contributed by atoms with Gasteiger partial charge < -0.3 is 9.88 Å². The third-order valence-electron chi connectivity index (χ3n) is 5.70. The number of aromatic amines is 1. The number of imidazole rings is 1. The number of fused-ring (bicyclic) bond motifs is 3. The largest absolute Gasteiger partial charge is 0.345 e. The van der Waals surface area contributed by atoms with E-state index in [0.29, 0.717) is 0 Å². The number of anilines is 1. The van der Waals surface area contributed by atoms with Crippen LogP contribution in [-0.2, 0) is 5.41 Å². The molecule has 5 rings (SSSR count). The van der Waals surface area contributed by atoms with Gasteiger partial charge in [0.2, 0.25) is 0 Å². The number of rotatable bonds is 1. The molecule has 4 heteroatoms. The fourth-order valence-electron chi connectivity index (χ4n) is 4.52. The van der Waals surface area contributed by atoms with Crippen LogP contribution >= 0.6 is 0 Å². The van der Waals surface area contributed by atoms with Crippen LogP contribution in [0.15, 0.2) is 48.8 Å². The van der Waals surface area contributed by atoms with Crippen molar-refractivity contribution in [3.8, 4) is 0 Å². The molecule has 0 bridgehead atoms. The number of carbonyl (C=O) groups is 1. The molecule has 1 aromatic heterocycles. The number of carbonyl (C=O) groups excluding carboxylic acids is 1. The van der Waals surface area contributed by atoms with Gasteiger partial charge in [0.05, 0.1) is 17.4 Å². The fraction of sp³-hybridized carbons (Fsp3) is 0.300. The van der Waals surface area contributed by atoms with Crippen LogP contribution in [0.5, 0.6) is 0 Å². The lowest BCUT2D eigenvalue weighted by Crippen LogP contribution is -2.35. The van der Waals surface area contributed by atoms with Crippen molar-refractivity contribution in [3.05, 3.63) is 59.9 Å². The maximum atomic E-state index is 13.2. The van der Waals surface area contributed by atoms with Crippen molar-refractivity contribution < 1.29 is 4.79 Å². The standard InChI is InChI=1S/C20H19N3O/c24-19(14-7-8-16-17(11-14)22-13-21-16)23-12-20(9-3-4-10-20)15-5-1-2-6-18(15)23/h1-2,5-8,11,13H,3-4,9-10,12H2,(H,21,22). The van der Waals surface area contributed by atoms with Crippen LogP contribution in [0.1, 0.15) is 41.6 Å². The smallest absolute Gasteiger partial charge is 0.258 e. The number of nitrogens with one attached hydrogen (secondary N) is 1. The Hall–Kier alpha value is -2.62. The Morgan fingerprint density at radius 3 is 2.83 bits per heavy atom. The predicted octanol–water partition coefficient (Wildman–Crippen LogP) is 4.04. The van der Waals surface area contributed by atoms with E-state index in [0.717, 1.165) is 28.8 Å². The molecule has 2 aliphatic rings. The summed E-state index contributed by atoms with van der Waals surface area (Å²) in [6, 6.07) is 14.1. The molecule has 0 atom stereocenters. The second kappa shape index (κ2) is 4.94. The molecule has 0 radical (unpaired) electrons. The van der Waals surface area contributed by atoms with Gasteiger partial charge in [-0.3, -0.25) is 4.79 Å². The normalized spacial score (nSPS) is 18.4. The molecule has 0 saturated heterocycles. The molecule has 0 unspecified atom stereocenters. The summed E-state index contributed by atoms with van der Waals surface area (Å²) in [5.74, 6) is 0.0859. The van der Waals surface area contributed by atoms with Crippen molar-refractivity contribution in [3.63, 3.8) is 0 Å². The number of H-pyrrole nitrogens is 1. The predicted molar refractivity (Wildman–Crippen MR) is 94.4 cm³/mol. The Morgan fingerprint density at radius 2 is 1.96 bits per heavy atom. The zero-order valence-corrected chi connectivity index (χ0v) is 13.5. The summed E-state index contributed by atoms with van der Waals surface area (Å²) in [5, 5.41) is 0. The summed E-state index contributed by atoms with van der Waals surface area (Å²) in [6.07, 6.45) is 6.56. The van der Waals surface area contributed by atoms with Crippen LogP contribution in [0, 0.1) is 0 Å². The molecule has 4 nitrogen and oxygen atoms in total. The molecule has 1 spiro atoms. The Kier molecular flexibility index (Phi) is 2.84. The summed E-state index contributed by atoms with van der Waals surface area (Å²) in [6.45, 7) is 0.812. The van der Waals surface area contributed by atoms with Gasteiger partial charge in [-0.15, -0.1) is 0 Å². The van der Waals surface area contributed by atoms with E-state index in [9.17, 15) is 4.79 Å². The van der Waals surface area contributed by atoms with E-state index in [4.69, 9.17) is 0 Å². The van der Waals surface area contributed by atoms with E-state index in [1.54, 1.807) is 6.33 Å². The van der Waals surface area contributed by atoms with E-state index < -0.39 is 0 Å². The van der Waals surface area contributed by atoms with Crippen LogP contribution in [0.4, 0.5) is 5.69 Å². The van der Waals surface area contributed by atoms with Gasteiger partial charge in [0.25, 0.3) is 5.91 Å². The van der Waals surface area contributed by atoms with Crippen LogP contribution in [0.3, 0.4) is 0 Å². The highest BCUT2D eigenvalue weighted by atomic mass is 16.2. The lowest BCUT2D eigenvalue weighted by atomic mass is 9.81. The van der Waals surface area contributed by atoms with Crippen molar-refractivity contribution in [2.24, 2.45) is 0 Å². The van der Waals surface area contributed by atoms with Gasteiger partial charge in [-0.05, 0) is 42.7 Å². The van der Waals surface area contributed by atoms with Gasteiger partial charge in [-0.1, -0.05) is 31.0 Å². The average Bonchev–Trinajstić information content (AvgIpc) is 3.34. The van der Waals surface area contributed by atoms with Crippen molar-refractivity contribution >= 4 is 22.6 Å². The second-order valence-electron chi connectivity index (χ2n) is 7.03. The molecule has 2 heterocycles. The number of benzene rings is 2. The van der Waals surface area contributed by atoms with Gasteiger partial charge in [-0.25, -0.2) is 4.98 Å². The van der Waals surface area contributed by atoms with Crippen LogP contribution < -0.4 is 4.90 Å². The zero-order valence-electron chi connectivity index (χ0n) is 13.5. The summed E-state index contributed by atoms with van der Waals surface area (Å²) < 4.78 is 0. The number of nitrogens with zero attached hydrogens (tertiary/aromatic N) is 2. The minimum Gasteiger partial charge on any atom is -0.345 e. The molecule has 1 saturated carbocycles. The summed E-state index contributed by atoms with van der Waals surface area (Å²) in [5.41, 5.74) is 5.14. The third kappa shape index (κ3) is 1.86. The first-order chi connectivity index (χ1) is 11.8. The molecule has 24 heavy (non-hydrogen) atoms. The lowest BCUT2D eigenvalue weighted by Gasteiger charge is -2.24. The number of amides is 1. The Balaban J connectivity index is 1.58. The van der Waals surface area contributed by atoms with E-state index in [1.807, 2.05) is 29.2 Å². The highest BCUT2D eigenvalue weighted by Gasteiger charge is 2.46. The molecule has 3 aromatic rings. The minimum absolute atomic E-state index is 0.0859. The van der Waals surface area contributed by atoms with E-state index in [-0.39, 0.29) is 11.3 Å². The maximum Gasteiger partial charge on any atom is 0.258 e. The molecule has 1 aliphatic carbocycles. The van der Waals surface area contributed by atoms with Crippen molar-refractivity contribution in [2.45, 2.75) is 31.1 Å². The molecule has 2 aromatic carbocycles. The highest BCUT2D eigenvalue weighted by molar-refractivity contribution is 6.09. The van der Waals surface area contributed by atoms with Crippen LogP contribution in [-0.4, -0.2) is 22.4 Å². The molecular weight excluding hydrogens is 298 g/mol. The van der Waals surface area contributed by atoms with Gasteiger partial charge in [0.1, 0.15) is 0 Å². The van der Waals surface area contributed by atoms with E-state index in [2.05, 4.69) is 28.2 Å². The highest BCUT2D eigenvalue weighted by Crippen LogP contribution is 2.50. The first-order valence-corrected chi connectivity index (χ1v) is 8.61. The zero-order chi connectivity index (χ0) is 16.1. The average molecular weight is 317 g/mol. The Labute approximate surface area is 140 Å². The lowest BCUT2D eigenvalue weighted by molar-refractivity contribution is 0.0985. The molecule has 120 valence electrons. The van der Waals surface area contributed by atoms with E-state index >= 15 is 0 Å². The van der Waals surface area contributed by atoms with Crippen LogP contribution in [0.25, 0.3) is 11.0 Å². The number of aromatic nitrogens is 2. The quantitative estimate of drug-likeness (QED) is 0.736. The first kappa shape index (κ1) is 13.8. The molecule has 1 N–H and O–H groups in total. The van der Waals surface area contributed by atoms with Crippen molar-refractivity contribution in [1.82, 2.24) is 9.97 Å². The number of para-hydroxylation sites is 1. The topological polar surface area (TPSA) is 49.0 Å². The summed E-state index contributed by atoms with van der Waals surface area (Å²) >= 11 is 0. The second-order valence-corrected chi connectivity index (χ2v) is 7.03. The van der Waals surface area contributed by atoms with Crippen molar-refractivity contribution in [2.75, 3.05) is 11.4 Å². The molecular formula is C20H19N3O. The summed E-state index contributed by atoms with van der Waals surface area (Å²) in [7, 11) is 0. The first-order valence-electron chi connectivity index (χ1n) is 8.61. The summed E-state index contributed by atoms with van der Waals surface area (Å²) in [4.78, 5) is 22.5. The van der Waals surface area contributed by atoms with Crippen molar-refractivity contribution in [1.29, 1.82) is 0 Å². The fourth-order valence-corrected chi connectivity index (χ4v) is 4.52. The van der Waals surface area contributed by atoms with Gasteiger partial charge >= 0.3 is 0 Å². The molecule has 1 fully saturated rings. The third-order valence-corrected chi connectivity index (χ3v) is 5.70. The maximum absolute atomic E-state index is 13.2. The number of hydrogen-bond acceptors (Lipinski definition) is 2. The number of hydrogen-bond donors (Lipinski definition) is 1. The molecule has 1 amide bonds. The molecule has 1 aliphatic heterocycles. The van der Waals surface area contributed by atoms with Gasteiger partial charge in [-0.2, -0.15) is 0 Å². The van der Waals surface area contributed by atoms with Gasteiger partial charge in [0, 0.05) is 23.2 Å². The van der Waals surface area contributed by atoms with Gasteiger partial charge in [0.15, 0.2) is 0 Å². The monoisotopic (exact) mass is 317 g/mol. The Bertz CT molecular complexity index is 937. The SMILES string of the molecule is O=C(c1ccc2nc[nH]c2c1)N1CC2(CCCC2)c2ccccc21. The van der Waals surface area contributed by atoms with Crippen LogP contribution in [0.2, 0.25) is 0 Å². The minimum atomic E-state index is 0.0859. The van der Waals surface area contributed by atoms with E-state index in [1.165, 1.54) is 31.2 Å². The Morgan fingerprint density at radius 1 is 1.12 bits per heavy atom.